The van der Waals surface area contributed by atoms with Crippen LogP contribution in [0.5, 0.6) is 5.75 Å². The van der Waals surface area contributed by atoms with Gasteiger partial charge in [-0.2, -0.15) is 0 Å². The topological polar surface area (TPSA) is 54.0 Å². The van der Waals surface area contributed by atoms with Crippen LogP contribution in [-0.4, -0.2) is 26.3 Å². The molecule has 3 aromatic rings. The molecule has 0 aromatic heterocycles. The largest absolute Gasteiger partial charge is 0.489 e. The lowest BCUT2D eigenvalue weighted by molar-refractivity contribution is -0.144. The number of ether oxygens (including phenoxy) is 4. The van der Waals surface area contributed by atoms with E-state index >= 15 is 0 Å². The maximum absolute atomic E-state index is 12.6. The molecule has 0 unspecified atom stereocenters. The Kier molecular flexibility index (Phi) is 8.71. The summed E-state index contributed by atoms with van der Waals surface area (Å²) in [4.78, 5) is 12.6. The van der Waals surface area contributed by atoms with Crippen LogP contribution in [0.2, 0.25) is 0 Å². The molecule has 5 heteroatoms. The minimum atomic E-state index is -0.524. The van der Waals surface area contributed by atoms with Crippen LogP contribution in [-0.2, 0) is 32.2 Å². The van der Waals surface area contributed by atoms with Gasteiger partial charge in [0.2, 0.25) is 5.76 Å². The van der Waals surface area contributed by atoms with E-state index in [9.17, 15) is 4.79 Å². The highest BCUT2D eigenvalue weighted by Gasteiger charge is 2.13. The third kappa shape index (κ3) is 7.64. The molecule has 0 bridgehead atoms. The molecule has 0 radical (unpaired) electrons. The summed E-state index contributed by atoms with van der Waals surface area (Å²) in [6.07, 6.45) is 1.66. The Morgan fingerprint density at radius 3 is 1.97 bits per heavy atom. The number of hydrogen-bond donors (Lipinski definition) is 0. The molecule has 5 nitrogen and oxygen atoms in total. The molecule has 0 spiro atoms. The van der Waals surface area contributed by atoms with Gasteiger partial charge >= 0.3 is 5.97 Å². The van der Waals surface area contributed by atoms with E-state index in [0.717, 1.165) is 22.4 Å². The minimum Gasteiger partial charge on any atom is -0.489 e. The smallest absolute Gasteiger partial charge is 0.373 e. The molecule has 0 aliphatic carbocycles. The van der Waals surface area contributed by atoms with E-state index in [4.69, 9.17) is 18.9 Å². The molecule has 31 heavy (non-hydrogen) atoms. The van der Waals surface area contributed by atoms with Crippen molar-refractivity contribution in [3.8, 4) is 5.75 Å². The predicted molar refractivity (Wildman–Crippen MR) is 119 cm³/mol. The minimum absolute atomic E-state index is 0.130. The first-order valence-corrected chi connectivity index (χ1v) is 10.1. The number of carbonyl (C=O) groups is 1. The fraction of sp³-hybridized carbons (Fsp3) is 0.192. The zero-order chi connectivity index (χ0) is 21.7. The SMILES string of the molecule is COCCO/C(=C\c1ccc(OCc2ccccc2)cc1)C(=O)OCc1ccccc1. The molecule has 0 atom stereocenters. The lowest BCUT2D eigenvalue weighted by atomic mass is 10.2. The van der Waals surface area contributed by atoms with E-state index < -0.39 is 5.97 Å². The Labute approximate surface area is 182 Å². The van der Waals surface area contributed by atoms with Gasteiger partial charge in [-0.05, 0) is 34.9 Å². The monoisotopic (exact) mass is 418 g/mol. The van der Waals surface area contributed by atoms with Crippen LogP contribution in [0.4, 0.5) is 0 Å². The van der Waals surface area contributed by atoms with Gasteiger partial charge in [0.05, 0.1) is 6.61 Å². The van der Waals surface area contributed by atoms with Crippen molar-refractivity contribution in [1.29, 1.82) is 0 Å². The molecule has 0 aliphatic heterocycles. The Bertz CT molecular complexity index is 950. The van der Waals surface area contributed by atoms with Crippen molar-refractivity contribution in [2.45, 2.75) is 13.2 Å². The van der Waals surface area contributed by atoms with Gasteiger partial charge in [0, 0.05) is 7.11 Å². The lowest BCUT2D eigenvalue weighted by Gasteiger charge is -2.11. The van der Waals surface area contributed by atoms with Crippen molar-refractivity contribution in [2.75, 3.05) is 20.3 Å². The molecule has 0 saturated heterocycles. The molecule has 3 rings (SSSR count). The number of esters is 1. The van der Waals surface area contributed by atoms with E-state index in [1.54, 1.807) is 13.2 Å². The number of hydrogen-bond acceptors (Lipinski definition) is 5. The van der Waals surface area contributed by atoms with Gasteiger partial charge in [-0.25, -0.2) is 4.79 Å². The summed E-state index contributed by atoms with van der Waals surface area (Å²) in [6.45, 7) is 1.29. The van der Waals surface area contributed by atoms with E-state index in [1.807, 2.05) is 84.9 Å². The zero-order valence-corrected chi connectivity index (χ0v) is 17.5. The van der Waals surface area contributed by atoms with Crippen LogP contribution >= 0.6 is 0 Å². The first-order chi connectivity index (χ1) is 15.2. The summed E-state index contributed by atoms with van der Waals surface area (Å²) in [6, 6.07) is 26.9. The molecule has 0 N–H and O–H groups in total. The summed E-state index contributed by atoms with van der Waals surface area (Å²) < 4.78 is 21.8. The number of rotatable bonds is 11. The quantitative estimate of drug-likeness (QED) is 0.190. The predicted octanol–water partition coefficient (Wildman–Crippen LogP) is 5.01. The van der Waals surface area contributed by atoms with Gasteiger partial charge in [-0.15, -0.1) is 0 Å². The van der Waals surface area contributed by atoms with Crippen LogP contribution in [0.15, 0.2) is 90.7 Å². The Morgan fingerprint density at radius 2 is 1.35 bits per heavy atom. The van der Waals surface area contributed by atoms with E-state index in [0.29, 0.717) is 13.2 Å². The summed E-state index contributed by atoms with van der Waals surface area (Å²) in [5.41, 5.74) is 2.81. The van der Waals surface area contributed by atoms with Gasteiger partial charge in [0.1, 0.15) is 25.6 Å². The lowest BCUT2D eigenvalue weighted by Crippen LogP contribution is -2.13. The van der Waals surface area contributed by atoms with Crippen LogP contribution < -0.4 is 4.74 Å². The van der Waals surface area contributed by atoms with Crippen LogP contribution in [0.1, 0.15) is 16.7 Å². The average molecular weight is 418 g/mol. The summed E-state index contributed by atoms with van der Waals surface area (Å²) in [5, 5.41) is 0. The van der Waals surface area contributed by atoms with Crippen LogP contribution in [0.25, 0.3) is 6.08 Å². The first kappa shape index (κ1) is 22.1. The first-order valence-electron chi connectivity index (χ1n) is 10.1. The van der Waals surface area contributed by atoms with Crippen molar-refractivity contribution in [1.82, 2.24) is 0 Å². The van der Waals surface area contributed by atoms with Crippen molar-refractivity contribution in [3.63, 3.8) is 0 Å². The zero-order valence-electron chi connectivity index (χ0n) is 17.5. The molecule has 0 saturated carbocycles. The summed E-state index contributed by atoms with van der Waals surface area (Å²) >= 11 is 0. The number of benzene rings is 3. The van der Waals surface area contributed by atoms with Crippen molar-refractivity contribution in [3.05, 3.63) is 107 Å². The maximum Gasteiger partial charge on any atom is 0.373 e. The van der Waals surface area contributed by atoms with Gasteiger partial charge in [-0.3, -0.25) is 0 Å². The second kappa shape index (κ2) is 12.2. The molecular formula is C26H26O5. The van der Waals surface area contributed by atoms with Crippen molar-refractivity contribution >= 4 is 12.0 Å². The summed E-state index contributed by atoms with van der Waals surface area (Å²) in [7, 11) is 1.58. The Balaban J connectivity index is 1.63. The third-order valence-electron chi connectivity index (χ3n) is 4.39. The van der Waals surface area contributed by atoms with E-state index in [-0.39, 0.29) is 19.0 Å². The molecule has 0 fully saturated rings. The number of methoxy groups -OCH3 is 1. The highest BCUT2D eigenvalue weighted by Crippen LogP contribution is 2.17. The molecule has 160 valence electrons. The van der Waals surface area contributed by atoms with Gasteiger partial charge in [-0.1, -0.05) is 72.8 Å². The third-order valence-corrected chi connectivity index (χ3v) is 4.39. The second-order valence-corrected chi connectivity index (χ2v) is 6.75. The van der Waals surface area contributed by atoms with Gasteiger partial charge in [0.25, 0.3) is 0 Å². The van der Waals surface area contributed by atoms with Crippen molar-refractivity contribution < 1.29 is 23.7 Å². The fourth-order valence-corrected chi connectivity index (χ4v) is 2.74. The Morgan fingerprint density at radius 1 is 0.742 bits per heavy atom. The van der Waals surface area contributed by atoms with Gasteiger partial charge < -0.3 is 18.9 Å². The van der Waals surface area contributed by atoms with Crippen molar-refractivity contribution in [2.24, 2.45) is 0 Å². The second-order valence-electron chi connectivity index (χ2n) is 6.75. The molecular weight excluding hydrogens is 392 g/mol. The van der Waals surface area contributed by atoms with Crippen LogP contribution in [0, 0.1) is 0 Å². The fourth-order valence-electron chi connectivity index (χ4n) is 2.74. The highest BCUT2D eigenvalue weighted by atomic mass is 16.6. The summed E-state index contributed by atoms with van der Waals surface area (Å²) in [5.74, 6) is 0.352. The number of carbonyl (C=O) groups excluding carboxylic acids is 1. The maximum atomic E-state index is 12.6. The average Bonchev–Trinajstić information content (AvgIpc) is 2.83. The Hall–Kier alpha value is -3.57. The molecule has 0 heterocycles. The van der Waals surface area contributed by atoms with E-state index in [1.165, 1.54) is 0 Å². The van der Waals surface area contributed by atoms with E-state index in [2.05, 4.69) is 0 Å². The standard InChI is InChI=1S/C26H26O5/c1-28-16-17-29-25(26(27)31-20-23-10-6-3-7-11-23)18-21-12-14-24(15-13-21)30-19-22-8-4-2-5-9-22/h2-15,18H,16-17,19-20H2,1H3/b25-18-. The molecule has 3 aromatic carbocycles. The molecule has 0 amide bonds. The highest BCUT2D eigenvalue weighted by molar-refractivity contribution is 5.91. The molecule has 0 aliphatic rings. The van der Waals surface area contributed by atoms with Crippen LogP contribution in [0.3, 0.4) is 0 Å². The normalized spacial score (nSPS) is 11.1. The van der Waals surface area contributed by atoms with Gasteiger partial charge in [0.15, 0.2) is 0 Å².